The molecule has 1 amide bonds. The number of halogens is 4. The number of carbonyl (C=O) groups is 1. The van der Waals surface area contributed by atoms with Crippen LogP contribution in [0.15, 0.2) is 29.2 Å². The van der Waals surface area contributed by atoms with Crippen LogP contribution < -0.4 is 0 Å². The first-order chi connectivity index (χ1) is 14.4. The number of benzene rings is 1. The Bertz CT molecular complexity index is 918. The van der Waals surface area contributed by atoms with Gasteiger partial charge in [-0.05, 0) is 31.0 Å². The van der Waals surface area contributed by atoms with E-state index in [1.807, 2.05) is 0 Å². The van der Waals surface area contributed by atoms with E-state index in [0.717, 1.165) is 27.4 Å². The lowest BCUT2D eigenvalue weighted by molar-refractivity contribution is -0.253. The zero-order valence-corrected chi connectivity index (χ0v) is 17.1. The third-order valence-electron chi connectivity index (χ3n) is 5.69. The maximum Gasteiger partial charge on any atom is 0.407 e. The number of carboxylic acid groups (broad SMARTS) is 1. The normalized spacial score (nSPS) is 23.6. The number of amides is 1. The highest BCUT2D eigenvalue weighted by molar-refractivity contribution is 7.89. The molecule has 1 unspecified atom stereocenters. The SMILES string of the molecule is O=C(O)N1CCC2(CC1)CN(S(=O)(=O)c1cccc(F)c1)C[C@@H](C(CO)C(F)(F)F)O2. The van der Waals surface area contributed by atoms with E-state index in [9.17, 15) is 35.9 Å². The van der Waals surface area contributed by atoms with Crippen molar-refractivity contribution in [3.63, 3.8) is 0 Å². The summed E-state index contributed by atoms with van der Waals surface area (Å²) in [4.78, 5) is 11.8. The molecule has 2 fully saturated rings. The molecule has 0 radical (unpaired) electrons. The summed E-state index contributed by atoms with van der Waals surface area (Å²) < 4.78 is 86.8. The van der Waals surface area contributed by atoms with Crippen molar-refractivity contribution in [2.24, 2.45) is 5.92 Å². The maximum atomic E-state index is 13.6. The molecule has 2 atom stereocenters. The first-order valence-electron chi connectivity index (χ1n) is 9.47. The second-order valence-corrected chi connectivity index (χ2v) is 9.63. The molecule has 2 aliphatic rings. The average Bonchev–Trinajstić information content (AvgIpc) is 2.67. The maximum absolute atomic E-state index is 13.6. The van der Waals surface area contributed by atoms with Crippen LogP contribution in [-0.2, 0) is 14.8 Å². The van der Waals surface area contributed by atoms with Crippen molar-refractivity contribution in [1.29, 1.82) is 0 Å². The summed E-state index contributed by atoms with van der Waals surface area (Å²) in [6.07, 6.45) is -7.82. The number of ether oxygens (including phenoxy) is 1. The summed E-state index contributed by atoms with van der Waals surface area (Å²) in [5, 5.41) is 18.5. The van der Waals surface area contributed by atoms with E-state index >= 15 is 0 Å². The molecule has 0 aliphatic carbocycles. The molecule has 174 valence electrons. The van der Waals surface area contributed by atoms with E-state index in [2.05, 4.69) is 0 Å². The largest absolute Gasteiger partial charge is 0.465 e. The van der Waals surface area contributed by atoms with Gasteiger partial charge in [0.15, 0.2) is 0 Å². The number of aliphatic hydroxyl groups is 1. The Labute approximate surface area is 176 Å². The zero-order valence-electron chi connectivity index (χ0n) is 16.3. The van der Waals surface area contributed by atoms with Crippen molar-refractivity contribution < 1.29 is 45.7 Å². The molecule has 2 heterocycles. The minimum Gasteiger partial charge on any atom is -0.465 e. The summed E-state index contributed by atoms with van der Waals surface area (Å²) >= 11 is 0. The molecular weight excluding hydrogens is 448 g/mol. The fraction of sp³-hybridized carbons (Fsp3) is 0.611. The van der Waals surface area contributed by atoms with Crippen LogP contribution in [0.2, 0.25) is 0 Å². The minimum atomic E-state index is -4.85. The van der Waals surface area contributed by atoms with E-state index in [0.29, 0.717) is 0 Å². The number of sulfonamides is 1. The Morgan fingerprint density at radius 1 is 1.29 bits per heavy atom. The Morgan fingerprint density at radius 2 is 1.94 bits per heavy atom. The fourth-order valence-corrected chi connectivity index (χ4v) is 5.52. The van der Waals surface area contributed by atoms with Crippen LogP contribution in [0.1, 0.15) is 12.8 Å². The monoisotopic (exact) mass is 470 g/mol. The van der Waals surface area contributed by atoms with Crippen LogP contribution >= 0.6 is 0 Å². The zero-order chi connectivity index (χ0) is 23.0. The number of piperidine rings is 1. The lowest BCUT2D eigenvalue weighted by atomic mass is 9.88. The molecule has 1 aromatic rings. The second kappa shape index (κ2) is 8.52. The van der Waals surface area contributed by atoms with E-state index in [-0.39, 0.29) is 32.5 Å². The van der Waals surface area contributed by atoms with Crippen LogP contribution in [0.25, 0.3) is 0 Å². The van der Waals surface area contributed by atoms with Crippen LogP contribution in [0.4, 0.5) is 22.4 Å². The van der Waals surface area contributed by atoms with E-state index < -0.39 is 63.8 Å². The smallest absolute Gasteiger partial charge is 0.407 e. The number of rotatable bonds is 4. The van der Waals surface area contributed by atoms with E-state index in [1.165, 1.54) is 6.07 Å². The van der Waals surface area contributed by atoms with Gasteiger partial charge < -0.3 is 19.8 Å². The van der Waals surface area contributed by atoms with Crippen LogP contribution in [0.3, 0.4) is 0 Å². The lowest BCUT2D eigenvalue weighted by Gasteiger charge is -2.50. The molecule has 8 nitrogen and oxygen atoms in total. The number of hydrogen-bond donors (Lipinski definition) is 2. The van der Waals surface area contributed by atoms with Gasteiger partial charge >= 0.3 is 12.3 Å². The number of alkyl halides is 3. The molecule has 0 aromatic heterocycles. The summed E-state index contributed by atoms with van der Waals surface area (Å²) in [7, 11) is -4.38. The van der Waals surface area contributed by atoms with Gasteiger partial charge in [-0.25, -0.2) is 17.6 Å². The predicted octanol–water partition coefficient (Wildman–Crippen LogP) is 1.90. The molecule has 13 heteroatoms. The molecule has 1 aromatic carbocycles. The van der Waals surface area contributed by atoms with Gasteiger partial charge in [0.25, 0.3) is 0 Å². The first-order valence-corrected chi connectivity index (χ1v) is 10.9. The highest BCUT2D eigenvalue weighted by Crippen LogP contribution is 2.40. The van der Waals surface area contributed by atoms with Gasteiger partial charge in [0.1, 0.15) is 11.7 Å². The van der Waals surface area contributed by atoms with Gasteiger partial charge in [0.05, 0.1) is 23.2 Å². The highest BCUT2D eigenvalue weighted by atomic mass is 32.2. The third-order valence-corrected chi connectivity index (χ3v) is 7.50. The molecule has 0 bridgehead atoms. The number of aliphatic hydroxyl groups excluding tert-OH is 1. The van der Waals surface area contributed by atoms with Gasteiger partial charge in [0, 0.05) is 26.2 Å². The molecule has 1 spiro atoms. The fourth-order valence-electron chi connectivity index (χ4n) is 3.96. The predicted molar refractivity (Wildman–Crippen MR) is 98.2 cm³/mol. The van der Waals surface area contributed by atoms with E-state index in [1.54, 1.807) is 0 Å². The number of morpholine rings is 1. The van der Waals surface area contributed by atoms with Gasteiger partial charge in [-0.1, -0.05) is 6.07 Å². The molecule has 2 N–H and O–H groups in total. The Hall–Kier alpha value is -1.96. The summed E-state index contributed by atoms with van der Waals surface area (Å²) in [6.45, 7) is -2.41. The van der Waals surface area contributed by atoms with Crippen molar-refractivity contribution in [1.82, 2.24) is 9.21 Å². The van der Waals surface area contributed by atoms with Gasteiger partial charge in [0.2, 0.25) is 10.0 Å². The standard InChI is InChI=1S/C18H22F4N2O6S/c19-12-2-1-3-13(8-12)31(28,29)24-9-15(14(10-25)18(20,21)22)30-17(11-24)4-6-23(7-5-17)16(26)27/h1-3,8,14-15,25H,4-7,9-11H2,(H,26,27)/t14?,15-/m0/s1. The second-order valence-electron chi connectivity index (χ2n) is 7.69. The molecular formula is C18H22F4N2O6S. The third kappa shape index (κ3) is 4.94. The quantitative estimate of drug-likeness (QED) is 0.651. The van der Waals surface area contributed by atoms with Crippen LogP contribution in [0.5, 0.6) is 0 Å². The average molecular weight is 470 g/mol. The van der Waals surface area contributed by atoms with Gasteiger partial charge in [-0.3, -0.25) is 0 Å². The van der Waals surface area contributed by atoms with Crippen molar-refractivity contribution in [2.45, 2.75) is 35.6 Å². The Balaban J connectivity index is 1.96. The van der Waals surface area contributed by atoms with Crippen LogP contribution in [0, 0.1) is 11.7 Å². The minimum absolute atomic E-state index is 0.0268. The summed E-state index contributed by atoms with van der Waals surface area (Å²) in [6, 6.07) is 4.12. The van der Waals surface area contributed by atoms with Gasteiger partial charge in [-0.2, -0.15) is 17.5 Å². The topological polar surface area (TPSA) is 107 Å². The Morgan fingerprint density at radius 3 is 2.45 bits per heavy atom. The number of nitrogens with zero attached hydrogens (tertiary/aromatic N) is 2. The molecule has 0 saturated carbocycles. The first kappa shape index (κ1) is 23.7. The summed E-state index contributed by atoms with van der Waals surface area (Å²) in [5.74, 6) is -3.16. The number of likely N-dealkylation sites (tertiary alicyclic amines) is 1. The van der Waals surface area contributed by atoms with Crippen molar-refractivity contribution in [2.75, 3.05) is 32.8 Å². The van der Waals surface area contributed by atoms with E-state index in [4.69, 9.17) is 9.84 Å². The Kier molecular flexibility index (Phi) is 6.52. The van der Waals surface area contributed by atoms with Crippen molar-refractivity contribution in [3.05, 3.63) is 30.1 Å². The highest BCUT2D eigenvalue weighted by Gasteiger charge is 2.53. The van der Waals surface area contributed by atoms with Crippen molar-refractivity contribution >= 4 is 16.1 Å². The summed E-state index contributed by atoms with van der Waals surface area (Å²) in [5.41, 5.74) is -1.37. The molecule has 2 saturated heterocycles. The number of hydrogen-bond acceptors (Lipinski definition) is 5. The molecule has 3 rings (SSSR count). The lowest BCUT2D eigenvalue weighted by Crippen LogP contribution is -2.63. The van der Waals surface area contributed by atoms with Crippen LogP contribution in [-0.4, -0.2) is 84.6 Å². The van der Waals surface area contributed by atoms with Gasteiger partial charge in [-0.15, -0.1) is 0 Å². The van der Waals surface area contributed by atoms with Crippen molar-refractivity contribution in [3.8, 4) is 0 Å². The molecule has 31 heavy (non-hydrogen) atoms. The molecule has 2 aliphatic heterocycles.